The first-order valence-corrected chi connectivity index (χ1v) is 10.6. The van der Waals surface area contributed by atoms with Gasteiger partial charge in [0.25, 0.3) is 5.91 Å². The molecular weight excluding hydrogens is 414 g/mol. The van der Waals surface area contributed by atoms with Crippen LogP contribution in [0.15, 0.2) is 91.3 Å². The topological polar surface area (TPSA) is 64.4 Å². The number of ether oxygens (including phenoxy) is 1. The van der Waals surface area contributed by atoms with Gasteiger partial charge in [0.15, 0.2) is 0 Å². The number of hydrogen-bond acceptors (Lipinski definition) is 4. The van der Waals surface area contributed by atoms with Crippen LogP contribution >= 0.6 is 0 Å². The van der Waals surface area contributed by atoms with Gasteiger partial charge in [-0.05, 0) is 46.5 Å². The molecule has 0 radical (unpaired) electrons. The number of esters is 1. The van der Waals surface area contributed by atoms with E-state index in [0.29, 0.717) is 24.2 Å². The number of rotatable bonds is 7. The third-order valence-electron chi connectivity index (χ3n) is 5.47. The van der Waals surface area contributed by atoms with E-state index < -0.39 is 0 Å². The second-order valence-electron chi connectivity index (χ2n) is 7.80. The van der Waals surface area contributed by atoms with Crippen molar-refractivity contribution in [3.05, 3.63) is 114 Å². The Morgan fingerprint density at radius 2 is 1.61 bits per heavy atom. The predicted octanol–water partition coefficient (Wildman–Crippen LogP) is 4.66. The van der Waals surface area contributed by atoms with Gasteiger partial charge < -0.3 is 9.64 Å². The molecule has 0 aliphatic carbocycles. The van der Waals surface area contributed by atoms with Gasteiger partial charge in [-0.2, -0.15) is 5.10 Å². The average molecular weight is 440 g/mol. The van der Waals surface area contributed by atoms with Crippen molar-refractivity contribution in [3.63, 3.8) is 0 Å². The highest BCUT2D eigenvalue weighted by atomic mass is 16.5. The summed E-state index contributed by atoms with van der Waals surface area (Å²) in [6.45, 7) is 1.13. The summed E-state index contributed by atoms with van der Waals surface area (Å²) in [7, 11) is 3.13. The van der Waals surface area contributed by atoms with Crippen molar-refractivity contribution in [2.24, 2.45) is 0 Å². The van der Waals surface area contributed by atoms with Crippen molar-refractivity contribution in [3.8, 4) is 11.1 Å². The molecule has 6 nitrogen and oxygen atoms in total. The molecule has 0 unspecified atom stereocenters. The minimum atomic E-state index is -0.379. The maximum atomic E-state index is 13.3. The average Bonchev–Trinajstić information content (AvgIpc) is 3.37. The molecule has 33 heavy (non-hydrogen) atoms. The van der Waals surface area contributed by atoms with Crippen molar-refractivity contribution < 1.29 is 14.3 Å². The third-order valence-corrected chi connectivity index (χ3v) is 5.47. The molecule has 4 rings (SSSR count). The first-order chi connectivity index (χ1) is 16.0. The molecule has 0 saturated heterocycles. The molecule has 0 N–H and O–H groups in total. The van der Waals surface area contributed by atoms with E-state index in [-0.39, 0.29) is 11.9 Å². The maximum absolute atomic E-state index is 13.3. The molecule has 4 aromatic rings. The van der Waals surface area contributed by atoms with E-state index in [1.54, 1.807) is 30.3 Å². The molecule has 0 aliphatic rings. The summed E-state index contributed by atoms with van der Waals surface area (Å²) in [6.07, 6.45) is 3.70. The van der Waals surface area contributed by atoms with Crippen LogP contribution in [0.5, 0.6) is 0 Å². The van der Waals surface area contributed by atoms with Crippen LogP contribution in [0.25, 0.3) is 11.1 Å². The normalized spacial score (nSPS) is 10.6. The molecule has 0 spiro atoms. The van der Waals surface area contributed by atoms with Crippen molar-refractivity contribution in [2.45, 2.75) is 13.1 Å². The predicted molar refractivity (Wildman–Crippen MR) is 127 cm³/mol. The summed E-state index contributed by atoms with van der Waals surface area (Å²) in [5.74, 6) is -0.446. The van der Waals surface area contributed by atoms with E-state index in [4.69, 9.17) is 4.74 Å². The Labute approximate surface area is 193 Å². The van der Waals surface area contributed by atoms with Crippen LogP contribution in [0.1, 0.15) is 31.8 Å². The van der Waals surface area contributed by atoms with Crippen LogP contribution in [-0.4, -0.2) is 40.7 Å². The van der Waals surface area contributed by atoms with E-state index >= 15 is 0 Å². The lowest BCUT2D eigenvalue weighted by molar-refractivity contribution is 0.0600. The highest BCUT2D eigenvalue weighted by Crippen LogP contribution is 2.26. The van der Waals surface area contributed by atoms with E-state index in [1.165, 1.54) is 7.11 Å². The maximum Gasteiger partial charge on any atom is 0.337 e. The minimum absolute atomic E-state index is 0.0664. The molecule has 0 aliphatic heterocycles. The van der Waals surface area contributed by atoms with Gasteiger partial charge in [0.1, 0.15) is 0 Å². The van der Waals surface area contributed by atoms with Crippen LogP contribution in [0.4, 0.5) is 0 Å². The molecule has 6 heteroatoms. The Morgan fingerprint density at radius 1 is 0.909 bits per heavy atom. The third kappa shape index (κ3) is 5.18. The SMILES string of the molecule is COC(=O)c1ccc(CN(C)C(=O)c2ccccc2-c2ccc(Cn3cccn3)cc2)cc1. The molecule has 166 valence electrons. The van der Waals surface area contributed by atoms with Gasteiger partial charge >= 0.3 is 5.97 Å². The molecule has 0 bridgehead atoms. The fraction of sp³-hybridized carbons (Fsp3) is 0.148. The zero-order chi connectivity index (χ0) is 23.2. The van der Waals surface area contributed by atoms with Crippen LogP contribution in [0.2, 0.25) is 0 Å². The Hall–Kier alpha value is -4.19. The quantitative estimate of drug-likeness (QED) is 0.393. The number of methoxy groups -OCH3 is 1. The van der Waals surface area contributed by atoms with Crippen LogP contribution < -0.4 is 0 Å². The van der Waals surface area contributed by atoms with E-state index in [1.807, 2.05) is 65.5 Å². The Balaban J connectivity index is 1.50. The van der Waals surface area contributed by atoms with Crippen LogP contribution in [0.3, 0.4) is 0 Å². The molecule has 0 saturated carbocycles. The first kappa shape index (κ1) is 22.0. The Kier molecular flexibility index (Phi) is 6.64. The lowest BCUT2D eigenvalue weighted by atomic mass is 9.97. The van der Waals surface area contributed by atoms with E-state index in [2.05, 4.69) is 17.2 Å². The summed E-state index contributed by atoms with van der Waals surface area (Å²) < 4.78 is 6.61. The number of nitrogens with zero attached hydrogens (tertiary/aromatic N) is 3. The van der Waals surface area contributed by atoms with Crippen LogP contribution in [-0.2, 0) is 17.8 Å². The fourth-order valence-electron chi connectivity index (χ4n) is 3.71. The van der Waals surface area contributed by atoms with Crippen molar-refractivity contribution in [1.82, 2.24) is 14.7 Å². The number of carbonyl (C=O) groups is 2. The largest absolute Gasteiger partial charge is 0.465 e. The highest BCUT2D eigenvalue weighted by molar-refractivity contribution is 6.00. The monoisotopic (exact) mass is 439 g/mol. The van der Waals surface area contributed by atoms with E-state index in [9.17, 15) is 9.59 Å². The van der Waals surface area contributed by atoms with Crippen molar-refractivity contribution >= 4 is 11.9 Å². The van der Waals surface area contributed by atoms with Crippen LogP contribution in [0, 0.1) is 0 Å². The number of benzene rings is 3. The fourth-order valence-corrected chi connectivity index (χ4v) is 3.71. The molecule has 3 aromatic carbocycles. The summed E-state index contributed by atoms with van der Waals surface area (Å²) >= 11 is 0. The Bertz CT molecular complexity index is 1230. The zero-order valence-electron chi connectivity index (χ0n) is 18.6. The second kappa shape index (κ2) is 9.96. The van der Waals surface area contributed by atoms with Gasteiger partial charge in [-0.15, -0.1) is 0 Å². The lowest BCUT2D eigenvalue weighted by Gasteiger charge is -2.19. The van der Waals surface area contributed by atoms with Gasteiger partial charge in [0, 0.05) is 31.5 Å². The molecule has 1 heterocycles. The summed E-state index contributed by atoms with van der Waals surface area (Å²) in [6, 6.07) is 24.8. The molecule has 1 amide bonds. The van der Waals surface area contributed by atoms with E-state index in [0.717, 1.165) is 22.3 Å². The lowest BCUT2D eigenvalue weighted by Crippen LogP contribution is -2.26. The summed E-state index contributed by atoms with van der Waals surface area (Å²) in [4.78, 5) is 26.6. The van der Waals surface area contributed by atoms with Gasteiger partial charge in [0.2, 0.25) is 0 Å². The number of aromatic nitrogens is 2. The summed E-state index contributed by atoms with van der Waals surface area (Å²) in [5, 5.41) is 4.24. The van der Waals surface area contributed by atoms with Gasteiger partial charge in [-0.3, -0.25) is 9.48 Å². The standard InChI is InChI=1S/C27H25N3O3/c1-29(18-20-10-14-23(15-11-20)27(32)33-2)26(31)25-7-4-3-6-24(25)22-12-8-21(9-13-22)19-30-17-5-16-28-30/h3-17H,18-19H2,1-2H3. The van der Waals surface area contributed by atoms with Gasteiger partial charge in [0.05, 0.1) is 19.2 Å². The molecule has 1 aromatic heterocycles. The van der Waals surface area contributed by atoms with Crippen molar-refractivity contribution in [1.29, 1.82) is 0 Å². The molecule has 0 fully saturated rings. The van der Waals surface area contributed by atoms with Gasteiger partial charge in [-0.25, -0.2) is 4.79 Å². The number of hydrogen-bond donors (Lipinski definition) is 0. The number of carbonyl (C=O) groups excluding carboxylic acids is 2. The smallest absolute Gasteiger partial charge is 0.337 e. The van der Waals surface area contributed by atoms with Crippen molar-refractivity contribution in [2.75, 3.05) is 14.2 Å². The minimum Gasteiger partial charge on any atom is -0.465 e. The second-order valence-corrected chi connectivity index (χ2v) is 7.80. The molecule has 0 atom stereocenters. The van der Waals surface area contributed by atoms with Gasteiger partial charge in [-0.1, -0.05) is 54.6 Å². The first-order valence-electron chi connectivity index (χ1n) is 10.6. The number of amides is 1. The molecular formula is C27H25N3O3. The highest BCUT2D eigenvalue weighted by Gasteiger charge is 2.17. The summed E-state index contributed by atoms with van der Waals surface area (Å²) in [5.41, 5.74) is 5.07. The Morgan fingerprint density at radius 3 is 2.27 bits per heavy atom. The zero-order valence-corrected chi connectivity index (χ0v) is 18.6.